The van der Waals surface area contributed by atoms with Crippen LogP contribution in [-0.2, 0) is 14.9 Å². The topological polar surface area (TPSA) is 51.7 Å². The van der Waals surface area contributed by atoms with Gasteiger partial charge in [0, 0.05) is 37.6 Å². The minimum absolute atomic E-state index is 0.0322. The molecule has 2 aliphatic heterocycles. The highest BCUT2D eigenvalue weighted by Crippen LogP contribution is 2.37. The minimum Gasteiger partial charge on any atom is -0.472 e. The van der Waals surface area contributed by atoms with Crippen LogP contribution in [0.25, 0.3) is 10.9 Å². The number of benzene rings is 2. The number of carbonyl (C=O) groups is 1. The SMILES string of the molecule is O=C(N1CC[C@H](Oc2ccc3ccccc3n2)C1)C1(c2ccccc2)CCOCC1. The fourth-order valence-electron chi connectivity index (χ4n) is 4.70. The Balaban J connectivity index is 1.32. The van der Waals surface area contributed by atoms with Gasteiger partial charge in [0.2, 0.25) is 11.8 Å². The van der Waals surface area contributed by atoms with E-state index in [0.717, 1.165) is 35.7 Å². The maximum Gasteiger partial charge on any atom is 0.233 e. The second-order valence-corrected chi connectivity index (χ2v) is 8.18. The van der Waals surface area contributed by atoms with Crippen LogP contribution in [0.5, 0.6) is 5.88 Å². The molecule has 5 rings (SSSR count). The standard InChI is InChI=1S/C25H26N2O3/c28-24(25(13-16-29-17-14-25)20-7-2-1-3-8-20)27-15-12-21(18-27)30-23-11-10-19-6-4-5-9-22(19)26-23/h1-11,21H,12-18H2/t21-/m0/s1. The molecule has 2 saturated heterocycles. The van der Waals surface area contributed by atoms with Crippen LogP contribution in [-0.4, -0.2) is 48.2 Å². The predicted octanol–water partition coefficient (Wildman–Crippen LogP) is 3.96. The van der Waals surface area contributed by atoms with Crippen molar-refractivity contribution >= 4 is 16.8 Å². The highest BCUT2D eigenvalue weighted by molar-refractivity contribution is 5.88. The average molecular weight is 402 g/mol. The lowest BCUT2D eigenvalue weighted by Gasteiger charge is -2.39. The smallest absolute Gasteiger partial charge is 0.233 e. The number of amides is 1. The van der Waals surface area contributed by atoms with Crippen LogP contribution in [0.4, 0.5) is 0 Å². The first-order valence-electron chi connectivity index (χ1n) is 10.7. The van der Waals surface area contributed by atoms with E-state index in [9.17, 15) is 4.79 Å². The van der Waals surface area contributed by atoms with Gasteiger partial charge in [-0.15, -0.1) is 0 Å². The van der Waals surface area contributed by atoms with E-state index < -0.39 is 5.41 Å². The summed E-state index contributed by atoms with van der Waals surface area (Å²) in [5, 5.41) is 1.09. The zero-order chi connectivity index (χ0) is 20.4. The predicted molar refractivity (Wildman–Crippen MR) is 116 cm³/mol. The van der Waals surface area contributed by atoms with Crippen LogP contribution >= 0.6 is 0 Å². The van der Waals surface area contributed by atoms with Crippen LogP contribution in [0.1, 0.15) is 24.8 Å². The summed E-state index contributed by atoms with van der Waals surface area (Å²) < 4.78 is 11.8. The van der Waals surface area contributed by atoms with Gasteiger partial charge in [0.25, 0.3) is 0 Å². The molecule has 0 N–H and O–H groups in total. The Morgan fingerprint density at radius 2 is 1.77 bits per heavy atom. The van der Waals surface area contributed by atoms with Gasteiger partial charge >= 0.3 is 0 Å². The van der Waals surface area contributed by atoms with Crippen LogP contribution in [0.2, 0.25) is 0 Å². The molecule has 5 nitrogen and oxygen atoms in total. The summed E-state index contributed by atoms with van der Waals surface area (Å²) in [4.78, 5) is 20.3. The van der Waals surface area contributed by atoms with Crippen molar-refractivity contribution in [1.29, 1.82) is 0 Å². The lowest BCUT2D eigenvalue weighted by Crippen LogP contribution is -2.49. The molecule has 30 heavy (non-hydrogen) atoms. The van der Waals surface area contributed by atoms with Crippen LogP contribution in [0.3, 0.4) is 0 Å². The first-order valence-corrected chi connectivity index (χ1v) is 10.7. The Labute approximate surface area is 176 Å². The van der Waals surface area contributed by atoms with E-state index in [4.69, 9.17) is 9.47 Å². The molecule has 0 aliphatic carbocycles. The van der Waals surface area contributed by atoms with Crippen molar-refractivity contribution in [2.75, 3.05) is 26.3 Å². The Kier molecular flexibility index (Phi) is 5.13. The third kappa shape index (κ3) is 3.54. The largest absolute Gasteiger partial charge is 0.472 e. The molecule has 3 aromatic rings. The Bertz CT molecular complexity index is 1030. The number of para-hydroxylation sites is 1. The Morgan fingerprint density at radius 3 is 2.60 bits per heavy atom. The second-order valence-electron chi connectivity index (χ2n) is 8.18. The van der Waals surface area contributed by atoms with Crippen molar-refractivity contribution in [3.05, 3.63) is 72.3 Å². The molecule has 1 atom stereocenters. The van der Waals surface area contributed by atoms with Crippen molar-refractivity contribution < 1.29 is 14.3 Å². The maximum absolute atomic E-state index is 13.7. The first kappa shape index (κ1) is 19.1. The molecule has 154 valence electrons. The summed E-state index contributed by atoms with van der Waals surface area (Å²) in [5.41, 5.74) is 1.53. The molecule has 0 saturated carbocycles. The van der Waals surface area contributed by atoms with Crippen LogP contribution in [0.15, 0.2) is 66.7 Å². The minimum atomic E-state index is -0.490. The molecule has 0 radical (unpaired) electrons. The average Bonchev–Trinajstić information content (AvgIpc) is 3.28. The van der Waals surface area contributed by atoms with E-state index in [2.05, 4.69) is 17.1 Å². The number of hydrogen-bond acceptors (Lipinski definition) is 4. The number of aromatic nitrogens is 1. The van der Waals surface area contributed by atoms with Crippen molar-refractivity contribution in [2.45, 2.75) is 30.8 Å². The number of ether oxygens (including phenoxy) is 2. The highest BCUT2D eigenvalue weighted by Gasteiger charge is 2.45. The lowest BCUT2D eigenvalue weighted by molar-refractivity contribution is -0.140. The molecule has 2 aromatic carbocycles. The summed E-state index contributed by atoms with van der Waals surface area (Å²) in [6.45, 7) is 2.56. The van der Waals surface area contributed by atoms with E-state index >= 15 is 0 Å². The summed E-state index contributed by atoms with van der Waals surface area (Å²) in [7, 11) is 0. The normalized spacial score (nSPS) is 20.9. The van der Waals surface area contributed by atoms with Gasteiger partial charge in [-0.2, -0.15) is 0 Å². The third-order valence-electron chi connectivity index (χ3n) is 6.37. The van der Waals surface area contributed by atoms with E-state index in [1.54, 1.807) is 0 Å². The van der Waals surface area contributed by atoms with Crippen LogP contribution < -0.4 is 4.74 Å². The number of rotatable bonds is 4. The van der Waals surface area contributed by atoms with Crippen molar-refractivity contribution in [3.63, 3.8) is 0 Å². The highest BCUT2D eigenvalue weighted by atomic mass is 16.5. The molecule has 5 heteroatoms. The van der Waals surface area contributed by atoms with E-state index in [1.165, 1.54) is 0 Å². The van der Waals surface area contributed by atoms with Gasteiger partial charge in [-0.05, 0) is 30.5 Å². The number of nitrogens with zero attached hydrogens (tertiary/aromatic N) is 2. The number of carbonyl (C=O) groups excluding carboxylic acids is 1. The van der Waals surface area contributed by atoms with E-state index in [1.807, 2.05) is 59.5 Å². The summed E-state index contributed by atoms with van der Waals surface area (Å²) in [5.74, 6) is 0.825. The molecule has 0 bridgehead atoms. The monoisotopic (exact) mass is 402 g/mol. The summed E-state index contributed by atoms with van der Waals surface area (Å²) >= 11 is 0. The van der Waals surface area contributed by atoms with Gasteiger partial charge in [0.1, 0.15) is 6.10 Å². The fraction of sp³-hybridized carbons (Fsp3) is 0.360. The molecule has 0 unspecified atom stereocenters. The van der Waals surface area contributed by atoms with E-state index in [0.29, 0.717) is 32.2 Å². The Hall–Kier alpha value is -2.92. The number of hydrogen-bond donors (Lipinski definition) is 0. The maximum atomic E-state index is 13.7. The molecule has 3 heterocycles. The molecule has 1 amide bonds. The van der Waals surface area contributed by atoms with Crippen molar-refractivity contribution in [3.8, 4) is 5.88 Å². The molecular weight excluding hydrogens is 376 g/mol. The lowest BCUT2D eigenvalue weighted by atomic mass is 9.73. The summed E-state index contributed by atoms with van der Waals surface area (Å²) in [6, 6.07) is 22.1. The van der Waals surface area contributed by atoms with Gasteiger partial charge in [-0.3, -0.25) is 4.79 Å². The van der Waals surface area contributed by atoms with Gasteiger partial charge in [0.05, 0.1) is 17.5 Å². The molecule has 2 fully saturated rings. The zero-order valence-electron chi connectivity index (χ0n) is 17.0. The Morgan fingerprint density at radius 1 is 1.00 bits per heavy atom. The third-order valence-corrected chi connectivity index (χ3v) is 6.37. The second kappa shape index (κ2) is 8.07. The molecular formula is C25H26N2O3. The van der Waals surface area contributed by atoms with Gasteiger partial charge < -0.3 is 14.4 Å². The number of fused-ring (bicyclic) bond motifs is 1. The number of likely N-dealkylation sites (tertiary alicyclic amines) is 1. The quantitative estimate of drug-likeness (QED) is 0.663. The first-order chi connectivity index (χ1) is 14.7. The van der Waals surface area contributed by atoms with E-state index in [-0.39, 0.29) is 12.0 Å². The van der Waals surface area contributed by atoms with Gasteiger partial charge in [-0.25, -0.2) is 4.98 Å². The molecule has 1 aromatic heterocycles. The zero-order valence-corrected chi connectivity index (χ0v) is 17.0. The van der Waals surface area contributed by atoms with Crippen molar-refractivity contribution in [2.24, 2.45) is 0 Å². The van der Waals surface area contributed by atoms with Crippen molar-refractivity contribution in [1.82, 2.24) is 9.88 Å². The fourth-order valence-corrected chi connectivity index (χ4v) is 4.70. The van der Waals surface area contributed by atoms with Crippen LogP contribution in [0, 0.1) is 0 Å². The number of pyridine rings is 1. The van der Waals surface area contributed by atoms with Gasteiger partial charge in [-0.1, -0.05) is 48.5 Å². The molecule has 2 aliphatic rings. The summed E-state index contributed by atoms with van der Waals surface area (Å²) in [6.07, 6.45) is 2.24. The molecule has 0 spiro atoms. The van der Waals surface area contributed by atoms with Gasteiger partial charge in [0.15, 0.2) is 0 Å².